The van der Waals surface area contributed by atoms with E-state index in [1.165, 1.54) is 0 Å². The third kappa shape index (κ3) is 4.03. The second-order valence-electron chi connectivity index (χ2n) is 7.69. The average molecular weight is 425 g/mol. The maximum absolute atomic E-state index is 13.2. The molecule has 7 nitrogen and oxygen atoms in total. The summed E-state index contributed by atoms with van der Waals surface area (Å²) in [5, 5.41) is 7.62. The molecule has 0 saturated carbocycles. The molecule has 30 heavy (non-hydrogen) atoms. The van der Waals surface area contributed by atoms with Crippen molar-refractivity contribution in [1.29, 1.82) is 0 Å². The lowest BCUT2D eigenvalue weighted by Gasteiger charge is -2.37. The number of halogens is 1. The van der Waals surface area contributed by atoms with E-state index in [4.69, 9.17) is 11.6 Å². The number of nitrogens with zero attached hydrogens (tertiary/aromatic N) is 5. The lowest BCUT2D eigenvalue weighted by Crippen LogP contribution is -2.46. The van der Waals surface area contributed by atoms with Gasteiger partial charge in [-0.05, 0) is 32.8 Å². The van der Waals surface area contributed by atoms with Gasteiger partial charge in [-0.1, -0.05) is 29.8 Å². The number of nitrogens with one attached hydrogen (secondary N) is 1. The predicted molar refractivity (Wildman–Crippen MR) is 118 cm³/mol. The third-order valence-corrected chi connectivity index (χ3v) is 5.95. The molecule has 156 valence electrons. The third-order valence-electron chi connectivity index (χ3n) is 5.62. The van der Waals surface area contributed by atoms with Crippen molar-refractivity contribution in [1.82, 2.24) is 25.1 Å². The number of anilines is 1. The molecule has 0 spiro atoms. The van der Waals surface area contributed by atoms with Crippen molar-refractivity contribution in [2.75, 3.05) is 25.0 Å². The molecule has 0 atom stereocenters. The van der Waals surface area contributed by atoms with Gasteiger partial charge in [0.2, 0.25) is 0 Å². The molecule has 1 fully saturated rings. The zero-order chi connectivity index (χ0) is 21.3. The topological polar surface area (TPSA) is 78.0 Å². The Balaban J connectivity index is 1.46. The SMILES string of the molecule is Cc1cc(N2CCC(N(C)C(=O)c3cn[nH]c3-c3ccccc3Cl)CC2)nc(C)n1. The Hall–Kier alpha value is -2.93. The summed E-state index contributed by atoms with van der Waals surface area (Å²) in [6.45, 7) is 5.60. The van der Waals surface area contributed by atoms with Crippen molar-refractivity contribution in [2.24, 2.45) is 0 Å². The maximum Gasteiger partial charge on any atom is 0.257 e. The fraction of sp³-hybridized carbons (Fsp3) is 0.364. The normalized spacial score (nSPS) is 14.7. The van der Waals surface area contributed by atoms with E-state index in [0.717, 1.165) is 48.8 Å². The van der Waals surface area contributed by atoms with Gasteiger partial charge < -0.3 is 9.80 Å². The second kappa shape index (κ2) is 8.44. The van der Waals surface area contributed by atoms with E-state index >= 15 is 0 Å². The molecule has 0 unspecified atom stereocenters. The van der Waals surface area contributed by atoms with E-state index < -0.39 is 0 Å². The number of rotatable bonds is 4. The number of piperidine rings is 1. The van der Waals surface area contributed by atoms with Crippen molar-refractivity contribution in [3.63, 3.8) is 0 Å². The Morgan fingerprint density at radius 1 is 1.20 bits per heavy atom. The van der Waals surface area contributed by atoms with E-state index in [0.29, 0.717) is 16.3 Å². The minimum absolute atomic E-state index is 0.0501. The van der Waals surface area contributed by atoms with Crippen LogP contribution >= 0.6 is 11.6 Å². The molecule has 1 N–H and O–H groups in total. The second-order valence-corrected chi connectivity index (χ2v) is 8.09. The van der Waals surface area contributed by atoms with Crippen molar-refractivity contribution >= 4 is 23.3 Å². The van der Waals surface area contributed by atoms with Crippen molar-refractivity contribution in [3.05, 3.63) is 58.6 Å². The first-order valence-corrected chi connectivity index (χ1v) is 10.4. The largest absolute Gasteiger partial charge is 0.356 e. The van der Waals surface area contributed by atoms with Gasteiger partial charge in [-0.15, -0.1) is 0 Å². The predicted octanol–water partition coefficient (Wildman–Crippen LogP) is 3.88. The summed E-state index contributed by atoms with van der Waals surface area (Å²) in [4.78, 5) is 26.3. The molecule has 1 aliphatic heterocycles. The van der Waals surface area contributed by atoms with E-state index in [-0.39, 0.29) is 11.9 Å². The molecular formula is C22H25ClN6O. The first-order valence-electron chi connectivity index (χ1n) is 10.1. The van der Waals surface area contributed by atoms with Crippen LogP contribution in [0.25, 0.3) is 11.3 Å². The van der Waals surface area contributed by atoms with Crippen LogP contribution in [0.2, 0.25) is 5.02 Å². The van der Waals surface area contributed by atoms with Crippen LogP contribution in [0.5, 0.6) is 0 Å². The number of aromatic amines is 1. The monoisotopic (exact) mass is 424 g/mol. The summed E-state index contributed by atoms with van der Waals surface area (Å²) in [7, 11) is 1.87. The van der Waals surface area contributed by atoms with Crippen LogP contribution in [0.15, 0.2) is 36.5 Å². The molecule has 4 rings (SSSR count). The van der Waals surface area contributed by atoms with Gasteiger partial charge in [0.15, 0.2) is 0 Å². The van der Waals surface area contributed by atoms with Gasteiger partial charge in [0, 0.05) is 48.5 Å². The lowest BCUT2D eigenvalue weighted by molar-refractivity contribution is 0.0710. The minimum atomic E-state index is -0.0501. The van der Waals surface area contributed by atoms with E-state index in [9.17, 15) is 4.79 Å². The van der Waals surface area contributed by atoms with Gasteiger partial charge in [-0.2, -0.15) is 5.10 Å². The maximum atomic E-state index is 13.2. The summed E-state index contributed by atoms with van der Waals surface area (Å²) in [6.07, 6.45) is 3.34. The molecule has 2 aromatic heterocycles. The van der Waals surface area contributed by atoms with Crippen LogP contribution in [0, 0.1) is 13.8 Å². The summed E-state index contributed by atoms with van der Waals surface area (Å²) >= 11 is 6.33. The number of hydrogen-bond donors (Lipinski definition) is 1. The summed E-state index contributed by atoms with van der Waals surface area (Å²) in [5.41, 5.74) is 2.94. The average Bonchev–Trinajstić information content (AvgIpc) is 3.22. The summed E-state index contributed by atoms with van der Waals surface area (Å²) < 4.78 is 0. The van der Waals surface area contributed by atoms with Crippen molar-refractivity contribution in [3.8, 4) is 11.3 Å². The van der Waals surface area contributed by atoms with Crippen LogP contribution in [0.3, 0.4) is 0 Å². The van der Waals surface area contributed by atoms with E-state index in [1.807, 2.05) is 56.1 Å². The van der Waals surface area contributed by atoms with Gasteiger partial charge in [0.1, 0.15) is 11.6 Å². The smallest absolute Gasteiger partial charge is 0.257 e. The molecule has 1 saturated heterocycles. The Kier molecular flexibility index (Phi) is 5.72. The molecule has 0 radical (unpaired) electrons. The first kappa shape index (κ1) is 20.3. The molecule has 0 aliphatic carbocycles. The zero-order valence-corrected chi connectivity index (χ0v) is 18.1. The van der Waals surface area contributed by atoms with Crippen LogP contribution in [-0.4, -0.2) is 57.2 Å². The number of H-pyrrole nitrogens is 1. The Labute approximate surface area is 181 Å². The first-order chi connectivity index (χ1) is 14.4. The Morgan fingerprint density at radius 3 is 2.63 bits per heavy atom. The molecule has 8 heteroatoms. The molecular weight excluding hydrogens is 400 g/mol. The van der Waals surface area contributed by atoms with Crippen LogP contribution < -0.4 is 4.90 Å². The van der Waals surface area contributed by atoms with Gasteiger partial charge in [-0.3, -0.25) is 9.89 Å². The van der Waals surface area contributed by atoms with Crippen LogP contribution in [0.1, 0.15) is 34.7 Å². The van der Waals surface area contributed by atoms with Crippen LogP contribution in [0.4, 0.5) is 5.82 Å². The molecule has 3 aromatic rings. The molecule has 3 heterocycles. The number of benzene rings is 1. The number of hydrogen-bond acceptors (Lipinski definition) is 5. The number of carbonyl (C=O) groups excluding carboxylic acids is 1. The lowest BCUT2D eigenvalue weighted by atomic mass is 10.0. The molecule has 1 aromatic carbocycles. The Bertz CT molecular complexity index is 1040. The van der Waals surface area contributed by atoms with Crippen LogP contribution in [-0.2, 0) is 0 Å². The number of aromatic nitrogens is 4. The summed E-state index contributed by atoms with van der Waals surface area (Å²) in [6, 6.07) is 9.63. The number of aryl methyl sites for hydroxylation is 2. The Morgan fingerprint density at radius 2 is 1.93 bits per heavy atom. The molecule has 1 aliphatic rings. The zero-order valence-electron chi connectivity index (χ0n) is 17.4. The standard InChI is InChI=1S/C22H25ClN6O/c1-14-12-20(26-15(2)25-14)29-10-8-16(9-11-29)28(3)22(30)18-13-24-27-21(18)17-6-4-5-7-19(17)23/h4-7,12-13,16H,8-11H2,1-3H3,(H,24,27). The summed E-state index contributed by atoms with van der Waals surface area (Å²) in [5.74, 6) is 1.69. The number of amides is 1. The minimum Gasteiger partial charge on any atom is -0.356 e. The number of carbonyl (C=O) groups is 1. The van der Waals surface area contributed by atoms with Crippen molar-refractivity contribution < 1.29 is 4.79 Å². The van der Waals surface area contributed by atoms with Gasteiger partial charge in [-0.25, -0.2) is 9.97 Å². The van der Waals surface area contributed by atoms with E-state index in [1.54, 1.807) is 6.20 Å². The van der Waals surface area contributed by atoms with Gasteiger partial charge in [0.25, 0.3) is 5.91 Å². The quantitative estimate of drug-likeness (QED) is 0.687. The highest BCUT2D eigenvalue weighted by atomic mass is 35.5. The highest BCUT2D eigenvalue weighted by Crippen LogP contribution is 2.30. The van der Waals surface area contributed by atoms with Gasteiger partial charge in [0.05, 0.1) is 17.5 Å². The molecule has 0 bridgehead atoms. The molecule has 1 amide bonds. The van der Waals surface area contributed by atoms with Gasteiger partial charge >= 0.3 is 0 Å². The highest BCUT2D eigenvalue weighted by Gasteiger charge is 2.29. The fourth-order valence-electron chi connectivity index (χ4n) is 4.02. The van der Waals surface area contributed by atoms with Crippen molar-refractivity contribution in [2.45, 2.75) is 32.7 Å². The fourth-order valence-corrected chi connectivity index (χ4v) is 4.25. The highest BCUT2D eigenvalue weighted by molar-refractivity contribution is 6.33. The van der Waals surface area contributed by atoms with E-state index in [2.05, 4.69) is 25.1 Å².